The minimum absolute atomic E-state index is 0.135. The SMILES string of the molecule is C[C@]12CCC[C@](C)(CC(=Cc3ncc(-c4ccc(-n5ccnc5)cc4O)nn3)C1)N2. The lowest BCUT2D eigenvalue weighted by atomic mass is 9.69. The summed E-state index contributed by atoms with van der Waals surface area (Å²) in [7, 11) is 0. The lowest BCUT2D eigenvalue weighted by Crippen LogP contribution is -2.61. The van der Waals surface area contributed by atoms with Gasteiger partial charge >= 0.3 is 0 Å². The summed E-state index contributed by atoms with van der Waals surface area (Å²) >= 11 is 0. The Labute approximate surface area is 175 Å². The van der Waals surface area contributed by atoms with Gasteiger partial charge in [-0.05, 0) is 64.2 Å². The van der Waals surface area contributed by atoms with Gasteiger partial charge in [-0.1, -0.05) is 5.57 Å². The average molecular weight is 403 g/mol. The number of benzene rings is 1. The van der Waals surface area contributed by atoms with Crippen LogP contribution in [-0.4, -0.2) is 40.9 Å². The monoisotopic (exact) mass is 402 g/mol. The molecule has 0 saturated carbocycles. The molecule has 0 amide bonds. The van der Waals surface area contributed by atoms with Gasteiger partial charge in [-0.15, -0.1) is 10.2 Å². The second-order valence-electron chi connectivity index (χ2n) is 9.13. The molecule has 7 heteroatoms. The standard InChI is InChI=1S/C23H26N6O/c1-22-6-3-7-23(2,28-22)13-16(12-22)10-21-25-14-19(26-27-21)18-5-4-17(11-20(18)30)29-9-8-24-15-29/h4-5,8-11,14-15,28,30H,3,6-7,12-13H2,1-2H3/t22-,23+. The molecular formula is C23H26N6O. The first-order chi connectivity index (χ1) is 14.4. The Bertz CT molecular complexity index is 1070. The number of aromatic nitrogens is 5. The highest BCUT2D eigenvalue weighted by atomic mass is 16.3. The first kappa shape index (κ1) is 18.9. The summed E-state index contributed by atoms with van der Waals surface area (Å²) in [6.45, 7) is 4.63. The Morgan fingerprint density at radius 1 is 1.13 bits per heavy atom. The minimum Gasteiger partial charge on any atom is -0.507 e. The van der Waals surface area contributed by atoms with Gasteiger partial charge in [0.05, 0.1) is 18.2 Å². The molecule has 2 atom stereocenters. The summed E-state index contributed by atoms with van der Waals surface area (Å²) in [6.07, 6.45) is 14.7. The van der Waals surface area contributed by atoms with Gasteiger partial charge in [0.2, 0.25) is 0 Å². The number of nitrogens with one attached hydrogen (secondary N) is 1. The smallest absolute Gasteiger partial charge is 0.174 e. The topological polar surface area (TPSA) is 88.8 Å². The van der Waals surface area contributed by atoms with Crippen LogP contribution in [0.4, 0.5) is 0 Å². The molecule has 3 aromatic rings. The molecule has 0 radical (unpaired) electrons. The van der Waals surface area contributed by atoms with Gasteiger partial charge in [0.1, 0.15) is 11.4 Å². The van der Waals surface area contributed by atoms with E-state index in [1.54, 1.807) is 24.8 Å². The van der Waals surface area contributed by atoms with Gasteiger partial charge in [-0.2, -0.15) is 0 Å². The molecule has 2 N–H and O–H groups in total. The molecule has 0 aliphatic carbocycles. The van der Waals surface area contributed by atoms with E-state index < -0.39 is 0 Å². The fourth-order valence-corrected chi connectivity index (χ4v) is 5.12. The van der Waals surface area contributed by atoms with E-state index in [1.165, 1.54) is 24.8 Å². The van der Waals surface area contributed by atoms with Crippen LogP contribution in [0, 0.1) is 0 Å². The zero-order chi connectivity index (χ0) is 20.8. The summed E-state index contributed by atoms with van der Waals surface area (Å²) in [5.41, 5.74) is 3.68. The number of aromatic hydroxyl groups is 1. The molecule has 2 aromatic heterocycles. The molecule has 2 bridgehead atoms. The zero-order valence-corrected chi connectivity index (χ0v) is 17.3. The summed E-state index contributed by atoms with van der Waals surface area (Å²) in [4.78, 5) is 8.54. The maximum Gasteiger partial charge on any atom is 0.174 e. The van der Waals surface area contributed by atoms with Crippen LogP contribution in [0.15, 0.2) is 48.7 Å². The number of fused-ring (bicyclic) bond motifs is 2. The number of phenolic OH excluding ortho intramolecular Hbond substituents is 1. The van der Waals surface area contributed by atoms with Gasteiger partial charge in [0.25, 0.3) is 0 Å². The van der Waals surface area contributed by atoms with Crippen molar-refractivity contribution in [1.29, 1.82) is 0 Å². The fourth-order valence-electron chi connectivity index (χ4n) is 5.12. The van der Waals surface area contributed by atoms with Crippen LogP contribution in [0.25, 0.3) is 23.0 Å². The Kier molecular flexibility index (Phi) is 4.43. The van der Waals surface area contributed by atoms with Crippen LogP contribution < -0.4 is 5.32 Å². The van der Waals surface area contributed by atoms with Gasteiger partial charge < -0.3 is 15.0 Å². The minimum atomic E-state index is 0.135. The number of rotatable bonds is 3. The summed E-state index contributed by atoms with van der Waals surface area (Å²) < 4.78 is 1.83. The molecule has 154 valence electrons. The maximum atomic E-state index is 10.5. The Morgan fingerprint density at radius 3 is 2.57 bits per heavy atom. The molecule has 7 nitrogen and oxygen atoms in total. The van der Waals surface area contributed by atoms with Crippen molar-refractivity contribution in [3.05, 3.63) is 54.5 Å². The predicted octanol–water partition coefficient (Wildman–Crippen LogP) is 3.90. The van der Waals surface area contributed by atoms with Crippen LogP contribution in [0.5, 0.6) is 5.75 Å². The Morgan fingerprint density at radius 2 is 1.93 bits per heavy atom. The number of hydrogen-bond acceptors (Lipinski definition) is 6. The van der Waals surface area contributed by atoms with Crippen LogP contribution in [0.3, 0.4) is 0 Å². The van der Waals surface area contributed by atoms with E-state index in [4.69, 9.17) is 0 Å². The molecule has 2 aliphatic rings. The molecule has 5 rings (SSSR count). The molecule has 2 fully saturated rings. The molecule has 0 spiro atoms. The first-order valence-electron chi connectivity index (χ1n) is 10.4. The van der Waals surface area contributed by atoms with Crippen molar-refractivity contribution in [2.45, 2.75) is 57.0 Å². The number of imidazole rings is 1. The van der Waals surface area contributed by atoms with E-state index in [0.717, 1.165) is 18.5 Å². The van der Waals surface area contributed by atoms with E-state index in [1.807, 2.05) is 22.9 Å². The van der Waals surface area contributed by atoms with E-state index in [2.05, 4.69) is 45.4 Å². The number of nitrogens with zero attached hydrogens (tertiary/aromatic N) is 5. The summed E-state index contributed by atoms with van der Waals surface area (Å²) in [6, 6.07) is 5.41. The van der Waals surface area contributed by atoms with E-state index >= 15 is 0 Å². The lowest BCUT2D eigenvalue weighted by molar-refractivity contribution is 0.123. The third-order valence-electron chi connectivity index (χ3n) is 6.27. The van der Waals surface area contributed by atoms with Crippen LogP contribution in [-0.2, 0) is 0 Å². The normalized spacial score (nSPS) is 27.3. The van der Waals surface area contributed by atoms with Gasteiger partial charge in [-0.3, -0.25) is 0 Å². The number of hydrogen-bond donors (Lipinski definition) is 2. The second kappa shape index (κ2) is 7.02. The van der Waals surface area contributed by atoms with Crippen LogP contribution >= 0.6 is 0 Å². The van der Waals surface area contributed by atoms with Gasteiger partial charge in [-0.25, -0.2) is 9.97 Å². The lowest BCUT2D eigenvalue weighted by Gasteiger charge is -2.51. The predicted molar refractivity (Wildman–Crippen MR) is 115 cm³/mol. The highest BCUT2D eigenvalue weighted by Crippen LogP contribution is 2.42. The quantitative estimate of drug-likeness (QED) is 0.691. The van der Waals surface area contributed by atoms with E-state index in [-0.39, 0.29) is 16.8 Å². The van der Waals surface area contributed by atoms with Gasteiger partial charge in [0, 0.05) is 35.1 Å². The highest BCUT2D eigenvalue weighted by Gasteiger charge is 2.43. The maximum absolute atomic E-state index is 10.5. The average Bonchev–Trinajstić information content (AvgIpc) is 3.22. The summed E-state index contributed by atoms with van der Waals surface area (Å²) in [5.74, 6) is 0.755. The van der Waals surface area contributed by atoms with E-state index in [0.29, 0.717) is 17.1 Å². The first-order valence-corrected chi connectivity index (χ1v) is 10.4. The Balaban J connectivity index is 1.38. The number of phenols is 1. The Hall–Kier alpha value is -3.06. The van der Waals surface area contributed by atoms with Crippen molar-refractivity contribution < 1.29 is 5.11 Å². The fraction of sp³-hybridized carbons (Fsp3) is 0.391. The van der Waals surface area contributed by atoms with Crippen molar-refractivity contribution in [3.8, 4) is 22.7 Å². The van der Waals surface area contributed by atoms with E-state index in [9.17, 15) is 5.11 Å². The van der Waals surface area contributed by atoms with Crippen LogP contribution in [0.1, 0.15) is 51.8 Å². The van der Waals surface area contributed by atoms with Crippen molar-refractivity contribution in [3.63, 3.8) is 0 Å². The molecule has 4 heterocycles. The molecule has 30 heavy (non-hydrogen) atoms. The highest BCUT2D eigenvalue weighted by molar-refractivity contribution is 5.68. The van der Waals surface area contributed by atoms with Crippen molar-refractivity contribution in [1.82, 2.24) is 30.0 Å². The second-order valence-corrected chi connectivity index (χ2v) is 9.13. The van der Waals surface area contributed by atoms with Crippen molar-refractivity contribution >= 4 is 6.08 Å². The largest absolute Gasteiger partial charge is 0.507 e. The molecule has 1 aromatic carbocycles. The van der Waals surface area contributed by atoms with Crippen molar-refractivity contribution in [2.24, 2.45) is 0 Å². The van der Waals surface area contributed by atoms with Gasteiger partial charge in [0.15, 0.2) is 5.82 Å². The van der Waals surface area contributed by atoms with Crippen molar-refractivity contribution in [2.75, 3.05) is 0 Å². The number of piperidine rings is 2. The molecular weight excluding hydrogens is 376 g/mol. The summed E-state index contributed by atoms with van der Waals surface area (Å²) in [5, 5.41) is 23.0. The third-order valence-corrected chi connectivity index (χ3v) is 6.27. The zero-order valence-electron chi connectivity index (χ0n) is 17.3. The molecule has 2 aliphatic heterocycles. The third kappa shape index (κ3) is 3.61. The molecule has 2 saturated heterocycles. The van der Waals surface area contributed by atoms with Crippen LogP contribution in [0.2, 0.25) is 0 Å². The molecule has 0 unspecified atom stereocenters.